The van der Waals surface area contributed by atoms with Crippen LogP contribution in [0.2, 0.25) is 0 Å². The zero-order chi connectivity index (χ0) is 21.3. The summed E-state index contributed by atoms with van der Waals surface area (Å²) in [6, 6.07) is 18.8. The Morgan fingerprint density at radius 1 is 1.13 bits per heavy atom. The fraction of sp³-hybridized carbons (Fsp3) is 0.280. The van der Waals surface area contributed by atoms with E-state index in [-0.39, 0.29) is 0 Å². The number of benzene rings is 2. The van der Waals surface area contributed by atoms with Crippen molar-refractivity contribution in [3.8, 4) is 17.3 Å². The third kappa shape index (κ3) is 3.57. The highest BCUT2D eigenvalue weighted by Gasteiger charge is 2.43. The summed E-state index contributed by atoms with van der Waals surface area (Å²) in [7, 11) is 4.09. The minimum absolute atomic E-state index is 0.469. The summed E-state index contributed by atoms with van der Waals surface area (Å²) in [5.41, 5.74) is 6.05. The highest BCUT2D eigenvalue weighted by molar-refractivity contribution is 5.79. The maximum atomic E-state index is 9.23. The van der Waals surface area contributed by atoms with E-state index in [1.165, 1.54) is 0 Å². The van der Waals surface area contributed by atoms with Gasteiger partial charge in [-0.25, -0.2) is 4.98 Å². The number of nitrogens with one attached hydrogen (secondary N) is 1. The molecule has 2 aliphatic rings. The van der Waals surface area contributed by atoms with Crippen LogP contribution in [0, 0.1) is 17.2 Å². The summed E-state index contributed by atoms with van der Waals surface area (Å²) in [5, 5.41) is 12.8. The summed E-state index contributed by atoms with van der Waals surface area (Å²) < 4.78 is 2.33. The van der Waals surface area contributed by atoms with E-state index in [0.29, 0.717) is 17.5 Å². The Morgan fingerprint density at radius 2 is 1.93 bits per heavy atom. The molecule has 30 heavy (non-hydrogen) atoms. The van der Waals surface area contributed by atoms with Crippen LogP contribution in [0.3, 0.4) is 0 Å². The van der Waals surface area contributed by atoms with Gasteiger partial charge in [-0.2, -0.15) is 5.26 Å². The first-order chi connectivity index (χ1) is 14.6. The number of anilines is 2. The molecule has 2 atom stereocenters. The third-order valence-electron chi connectivity index (χ3n) is 5.48. The first-order valence-electron chi connectivity index (χ1n) is 10.5. The van der Waals surface area contributed by atoms with E-state index in [1.807, 2.05) is 52.3 Å². The third-order valence-corrected chi connectivity index (χ3v) is 5.48. The maximum Gasteiger partial charge on any atom is 0.156 e. The SMILES string of the molecule is CC.CN(C)c1cccc(NC2=CC3CC3n3c(-c4cccc(C#N)c4)cnc32)c1. The maximum absolute atomic E-state index is 9.23. The van der Waals surface area contributed by atoms with Crippen LogP contribution in [-0.4, -0.2) is 23.6 Å². The van der Waals surface area contributed by atoms with E-state index < -0.39 is 0 Å². The molecule has 1 N–H and O–H groups in total. The van der Waals surface area contributed by atoms with Gasteiger partial charge in [-0.1, -0.05) is 38.1 Å². The molecule has 1 saturated carbocycles. The van der Waals surface area contributed by atoms with E-state index in [2.05, 4.69) is 57.3 Å². The summed E-state index contributed by atoms with van der Waals surface area (Å²) in [4.78, 5) is 6.84. The molecule has 1 aliphatic heterocycles. The topological polar surface area (TPSA) is 56.9 Å². The van der Waals surface area contributed by atoms with Gasteiger partial charge in [0.15, 0.2) is 5.82 Å². The molecule has 152 valence electrons. The molecule has 1 aliphatic carbocycles. The first kappa shape index (κ1) is 19.8. The average Bonchev–Trinajstić information content (AvgIpc) is 3.42. The number of hydrogen-bond donors (Lipinski definition) is 1. The fourth-order valence-electron chi connectivity index (χ4n) is 3.94. The minimum Gasteiger partial charge on any atom is -0.378 e. The molecule has 3 aromatic rings. The van der Waals surface area contributed by atoms with E-state index in [4.69, 9.17) is 4.98 Å². The van der Waals surface area contributed by atoms with E-state index >= 15 is 0 Å². The zero-order valence-electron chi connectivity index (χ0n) is 17.9. The van der Waals surface area contributed by atoms with Crippen molar-refractivity contribution in [3.63, 3.8) is 0 Å². The molecule has 5 nitrogen and oxygen atoms in total. The lowest BCUT2D eigenvalue weighted by atomic mass is 10.1. The molecule has 0 bridgehead atoms. The van der Waals surface area contributed by atoms with Crippen LogP contribution in [0.5, 0.6) is 0 Å². The normalized spacial score (nSPS) is 18.0. The van der Waals surface area contributed by atoms with Crippen LogP contribution in [-0.2, 0) is 0 Å². The molecule has 0 amide bonds. The molecule has 5 rings (SSSR count). The summed E-state index contributed by atoms with van der Waals surface area (Å²) in [6.07, 6.45) is 5.38. The largest absolute Gasteiger partial charge is 0.378 e. The summed E-state index contributed by atoms with van der Waals surface area (Å²) in [6.45, 7) is 4.00. The highest BCUT2D eigenvalue weighted by Crippen LogP contribution is 2.52. The molecule has 0 spiro atoms. The van der Waals surface area contributed by atoms with E-state index in [1.54, 1.807) is 0 Å². The molecule has 1 aromatic heterocycles. The quantitative estimate of drug-likeness (QED) is 0.628. The number of hydrogen-bond acceptors (Lipinski definition) is 4. The number of nitriles is 1. The van der Waals surface area contributed by atoms with E-state index in [9.17, 15) is 5.26 Å². The highest BCUT2D eigenvalue weighted by atomic mass is 15.2. The lowest BCUT2D eigenvalue weighted by molar-refractivity contribution is 0.690. The number of allylic oxidation sites excluding steroid dienone is 1. The Morgan fingerprint density at radius 3 is 2.70 bits per heavy atom. The van der Waals surface area contributed by atoms with Crippen LogP contribution in [0.25, 0.3) is 17.0 Å². The van der Waals surface area contributed by atoms with Crippen molar-refractivity contribution in [1.82, 2.24) is 9.55 Å². The molecule has 2 aromatic carbocycles. The van der Waals surface area contributed by atoms with Crippen molar-refractivity contribution in [3.05, 3.63) is 72.2 Å². The average molecular weight is 398 g/mol. The molecular weight excluding hydrogens is 370 g/mol. The second kappa shape index (κ2) is 8.08. The number of nitrogens with zero attached hydrogens (tertiary/aromatic N) is 4. The molecule has 0 saturated heterocycles. The lowest BCUT2D eigenvalue weighted by Gasteiger charge is -2.20. The van der Waals surface area contributed by atoms with Crippen LogP contribution < -0.4 is 10.2 Å². The predicted octanol–water partition coefficient (Wildman–Crippen LogP) is 5.54. The second-order valence-electron chi connectivity index (χ2n) is 7.65. The fourth-order valence-corrected chi connectivity index (χ4v) is 3.94. The van der Waals surface area contributed by atoms with Crippen LogP contribution >= 0.6 is 0 Å². The first-order valence-corrected chi connectivity index (χ1v) is 10.5. The van der Waals surface area contributed by atoms with Crippen LogP contribution in [0.15, 0.2) is 60.8 Å². The van der Waals surface area contributed by atoms with Gasteiger partial charge in [0.05, 0.1) is 29.2 Å². The van der Waals surface area contributed by atoms with Gasteiger partial charge in [-0.15, -0.1) is 0 Å². The smallest absolute Gasteiger partial charge is 0.156 e. The Kier molecular flexibility index (Phi) is 5.33. The van der Waals surface area contributed by atoms with Gasteiger partial charge in [0.1, 0.15) is 0 Å². The Hall–Kier alpha value is -3.52. The molecule has 1 fully saturated rings. The number of aromatic nitrogens is 2. The van der Waals surface area contributed by atoms with Crippen molar-refractivity contribution < 1.29 is 0 Å². The summed E-state index contributed by atoms with van der Waals surface area (Å²) >= 11 is 0. The number of imidazole rings is 1. The Balaban J connectivity index is 0.00000106. The van der Waals surface area contributed by atoms with Crippen molar-refractivity contribution >= 4 is 17.1 Å². The van der Waals surface area contributed by atoms with E-state index in [0.717, 1.165) is 40.6 Å². The van der Waals surface area contributed by atoms with Gasteiger partial charge in [0, 0.05) is 43.0 Å². The second-order valence-corrected chi connectivity index (χ2v) is 7.65. The van der Waals surface area contributed by atoms with Crippen LogP contribution in [0.4, 0.5) is 11.4 Å². The number of fused-ring (bicyclic) bond motifs is 3. The Labute approximate surface area is 178 Å². The molecule has 2 unspecified atom stereocenters. The Bertz CT molecular complexity index is 1130. The molecule has 2 heterocycles. The van der Waals surface area contributed by atoms with Crippen molar-refractivity contribution in [2.75, 3.05) is 24.3 Å². The van der Waals surface area contributed by atoms with Crippen molar-refractivity contribution in [2.45, 2.75) is 26.3 Å². The predicted molar refractivity (Wildman–Crippen MR) is 123 cm³/mol. The van der Waals surface area contributed by atoms with Gasteiger partial charge >= 0.3 is 0 Å². The van der Waals surface area contributed by atoms with Gasteiger partial charge in [-0.3, -0.25) is 0 Å². The van der Waals surface area contributed by atoms with Crippen LogP contribution in [0.1, 0.15) is 37.7 Å². The van der Waals surface area contributed by atoms with Crippen molar-refractivity contribution in [1.29, 1.82) is 5.26 Å². The van der Waals surface area contributed by atoms with Gasteiger partial charge in [-0.05, 0) is 36.8 Å². The van der Waals surface area contributed by atoms with Gasteiger partial charge in [0.2, 0.25) is 0 Å². The van der Waals surface area contributed by atoms with Gasteiger partial charge < -0.3 is 14.8 Å². The molecular formula is C25H27N5. The molecule has 5 heteroatoms. The minimum atomic E-state index is 0.469. The summed E-state index contributed by atoms with van der Waals surface area (Å²) in [5.74, 6) is 1.51. The number of rotatable bonds is 4. The monoisotopic (exact) mass is 397 g/mol. The molecule has 0 radical (unpaired) electrons. The standard InChI is InChI=1S/C23H21N5.C2H6/c1-27(2)19-8-4-7-18(12-19)26-20-10-17-11-21(17)28-22(14-25-23(20)28)16-6-3-5-15(9-16)13-24;1-2/h3-10,12,14,17,21,26H,11H2,1-2H3;1-2H3. The van der Waals surface area contributed by atoms with Gasteiger partial charge in [0.25, 0.3) is 0 Å². The zero-order valence-corrected chi connectivity index (χ0v) is 17.9. The van der Waals surface area contributed by atoms with Crippen molar-refractivity contribution in [2.24, 2.45) is 5.92 Å². The lowest BCUT2D eigenvalue weighted by Crippen LogP contribution is -2.13.